The summed E-state index contributed by atoms with van der Waals surface area (Å²) in [6, 6.07) is 17.3. The molecule has 0 aliphatic heterocycles. The van der Waals surface area contributed by atoms with Gasteiger partial charge in [0.05, 0.1) is 0 Å². The fourth-order valence-electron chi connectivity index (χ4n) is 3.45. The third kappa shape index (κ3) is 11.9. The molecule has 0 aliphatic carbocycles. The van der Waals surface area contributed by atoms with E-state index in [1.54, 1.807) is 5.37 Å². The van der Waals surface area contributed by atoms with Crippen LogP contribution < -0.4 is 0 Å². The van der Waals surface area contributed by atoms with Gasteiger partial charge in [-0.25, -0.2) is 0 Å². The molecule has 0 unspecified atom stereocenters. The SMILES string of the molecule is C=Cc1ccc(C)cc1-c1sc(C=C(C(=C)C)C(=C)C)cc1CC.CC.CC=S.Cc1ccc(C)cc1. The van der Waals surface area contributed by atoms with Gasteiger partial charge in [-0.2, -0.15) is 0 Å². The van der Waals surface area contributed by atoms with Crippen molar-refractivity contribution < 1.29 is 0 Å². The topological polar surface area (TPSA) is 0 Å². The zero-order valence-corrected chi connectivity index (χ0v) is 26.1. The third-order valence-corrected chi connectivity index (χ3v) is 6.46. The fraction of sp³-hybridized carbons (Fsp3) is 0.286. The lowest BCUT2D eigenvalue weighted by molar-refractivity contribution is 1.16. The first kappa shape index (κ1) is 34.2. The van der Waals surface area contributed by atoms with E-state index in [9.17, 15) is 0 Å². The summed E-state index contributed by atoms with van der Waals surface area (Å²) in [4.78, 5) is 2.59. The molecule has 0 spiro atoms. The second-order valence-corrected chi connectivity index (χ2v) is 10.2. The summed E-state index contributed by atoms with van der Waals surface area (Å²) < 4.78 is 0. The number of thiophene rings is 1. The van der Waals surface area contributed by atoms with Crippen LogP contribution in [-0.2, 0) is 6.42 Å². The highest BCUT2D eigenvalue weighted by Gasteiger charge is 2.13. The average Bonchev–Trinajstić information content (AvgIpc) is 3.29. The minimum Gasteiger partial charge on any atom is -0.136 e. The van der Waals surface area contributed by atoms with E-state index in [0.29, 0.717) is 0 Å². The van der Waals surface area contributed by atoms with Crippen molar-refractivity contribution in [1.82, 2.24) is 0 Å². The maximum Gasteiger partial charge on any atom is 0.0387 e. The quantitative estimate of drug-likeness (QED) is 0.225. The van der Waals surface area contributed by atoms with Crippen LogP contribution in [0.4, 0.5) is 0 Å². The summed E-state index contributed by atoms with van der Waals surface area (Å²) in [6.45, 7) is 30.6. The molecular weight excluding hydrogens is 485 g/mol. The summed E-state index contributed by atoms with van der Waals surface area (Å²) in [6.07, 6.45) is 5.16. The Morgan fingerprint density at radius 3 is 1.73 bits per heavy atom. The second kappa shape index (κ2) is 18.4. The molecule has 0 saturated carbocycles. The molecule has 0 N–H and O–H groups in total. The normalized spacial score (nSPS) is 9.22. The van der Waals surface area contributed by atoms with Crippen molar-refractivity contribution in [2.24, 2.45) is 0 Å². The molecule has 0 atom stereocenters. The van der Waals surface area contributed by atoms with E-state index in [1.165, 1.54) is 43.1 Å². The number of hydrogen-bond acceptors (Lipinski definition) is 2. The van der Waals surface area contributed by atoms with Crippen LogP contribution in [0.2, 0.25) is 0 Å². The minimum atomic E-state index is 1.01. The molecule has 2 aromatic carbocycles. The first-order valence-electron chi connectivity index (χ1n) is 12.9. The molecule has 2 heteroatoms. The summed E-state index contributed by atoms with van der Waals surface area (Å²) >= 11 is 6.10. The Bertz CT molecular complexity index is 1150. The number of benzene rings is 2. The second-order valence-electron chi connectivity index (χ2n) is 8.66. The number of aryl methyl sites for hydroxylation is 4. The third-order valence-electron chi connectivity index (χ3n) is 5.31. The predicted molar refractivity (Wildman–Crippen MR) is 178 cm³/mol. The van der Waals surface area contributed by atoms with E-state index in [4.69, 9.17) is 0 Å². The molecule has 3 aromatic rings. The molecule has 3 rings (SSSR count). The van der Waals surface area contributed by atoms with Gasteiger partial charge in [0.25, 0.3) is 0 Å². The van der Waals surface area contributed by atoms with Crippen LogP contribution in [0.15, 0.2) is 85.0 Å². The molecule has 0 aliphatic rings. The molecular formula is C35H46S2. The molecule has 0 amide bonds. The van der Waals surface area contributed by atoms with Gasteiger partial charge < -0.3 is 0 Å². The first-order valence-corrected chi connectivity index (χ1v) is 14.2. The van der Waals surface area contributed by atoms with Crippen LogP contribution in [-0.4, -0.2) is 5.37 Å². The lowest BCUT2D eigenvalue weighted by Crippen LogP contribution is -1.86. The van der Waals surface area contributed by atoms with Gasteiger partial charge in [0.1, 0.15) is 0 Å². The van der Waals surface area contributed by atoms with Crippen LogP contribution in [0.1, 0.15) is 74.2 Å². The van der Waals surface area contributed by atoms with Gasteiger partial charge in [-0.3, -0.25) is 0 Å². The fourth-order valence-corrected chi connectivity index (χ4v) is 4.68. The molecule has 198 valence electrons. The number of rotatable bonds is 6. The highest BCUT2D eigenvalue weighted by atomic mass is 32.1. The van der Waals surface area contributed by atoms with Crippen molar-refractivity contribution in [2.75, 3.05) is 0 Å². The molecule has 1 heterocycles. The van der Waals surface area contributed by atoms with E-state index in [-0.39, 0.29) is 0 Å². The van der Waals surface area contributed by atoms with Gasteiger partial charge in [0.2, 0.25) is 0 Å². The average molecular weight is 531 g/mol. The number of thiocarbonyl (C=S) groups is 1. The van der Waals surface area contributed by atoms with Crippen LogP contribution >= 0.6 is 23.6 Å². The summed E-state index contributed by atoms with van der Waals surface area (Å²) in [5, 5.41) is 1.58. The molecule has 0 fully saturated rings. The van der Waals surface area contributed by atoms with Gasteiger partial charge in [-0.1, -0.05) is 129 Å². The molecule has 0 bridgehead atoms. The van der Waals surface area contributed by atoms with E-state index >= 15 is 0 Å². The van der Waals surface area contributed by atoms with Crippen LogP contribution in [0.5, 0.6) is 0 Å². The number of allylic oxidation sites excluding steroid dienone is 3. The smallest absolute Gasteiger partial charge is 0.0387 e. The van der Waals surface area contributed by atoms with Gasteiger partial charge in [0, 0.05) is 9.75 Å². The maximum atomic E-state index is 4.27. The Balaban J connectivity index is 0.000000823. The highest BCUT2D eigenvalue weighted by Crippen LogP contribution is 2.38. The molecule has 37 heavy (non-hydrogen) atoms. The number of hydrogen-bond donors (Lipinski definition) is 0. The van der Waals surface area contributed by atoms with E-state index < -0.39 is 0 Å². The van der Waals surface area contributed by atoms with Gasteiger partial charge in [-0.05, 0) is 87.7 Å². The summed E-state index contributed by atoms with van der Waals surface area (Å²) in [7, 11) is 0. The van der Waals surface area contributed by atoms with Crippen molar-refractivity contribution >= 4 is 41.1 Å². The van der Waals surface area contributed by atoms with Gasteiger partial charge in [0.15, 0.2) is 0 Å². The van der Waals surface area contributed by atoms with E-state index in [0.717, 1.165) is 23.1 Å². The first-order chi connectivity index (χ1) is 17.6. The monoisotopic (exact) mass is 530 g/mol. The Morgan fingerprint density at radius 2 is 1.32 bits per heavy atom. The highest BCUT2D eigenvalue weighted by molar-refractivity contribution is 7.78. The largest absolute Gasteiger partial charge is 0.136 e. The van der Waals surface area contributed by atoms with Gasteiger partial charge >= 0.3 is 0 Å². The predicted octanol–water partition coefficient (Wildman–Crippen LogP) is 11.8. The van der Waals surface area contributed by atoms with Crippen LogP contribution in [0.3, 0.4) is 0 Å². The Labute approximate surface area is 237 Å². The summed E-state index contributed by atoms with van der Waals surface area (Å²) in [5.74, 6) is 0. The standard InChI is InChI=1S/C23H26S.C8H10.C2H4S.C2H6/c1-8-18-11-10-17(7)12-22(18)23-19(9-2)13-20(24-23)14-21(15(3)4)16(5)6;1-7-3-5-8(2)6-4-7;1-2-3;1-2/h8,10-14H,1,3,5,9H2,2,4,6-7H3;3-6H,1-2H3;2H,1H3;1-2H3. The maximum absolute atomic E-state index is 4.27. The van der Waals surface area contributed by atoms with Crippen molar-refractivity contribution in [3.8, 4) is 10.4 Å². The Kier molecular flexibility index (Phi) is 17.0. The Hall–Kier alpha value is -2.81. The molecule has 0 saturated heterocycles. The Morgan fingerprint density at radius 1 is 0.865 bits per heavy atom. The lowest BCUT2D eigenvalue weighted by atomic mass is 9.99. The van der Waals surface area contributed by atoms with Gasteiger partial charge in [-0.15, -0.1) is 11.3 Å². The summed E-state index contributed by atoms with van der Waals surface area (Å²) in [5.41, 5.74) is 11.0. The lowest BCUT2D eigenvalue weighted by Gasteiger charge is -2.08. The molecule has 1 aromatic heterocycles. The van der Waals surface area contributed by atoms with Crippen LogP contribution in [0.25, 0.3) is 22.6 Å². The van der Waals surface area contributed by atoms with Crippen LogP contribution in [0, 0.1) is 20.8 Å². The zero-order chi connectivity index (χ0) is 28.5. The van der Waals surface area contributed by atoms with Crippen molar-refractivity contribution in [2.45, 2.75) is 68.7 Å². The van der Waals surface area contributed by atoms with E-state index in [2.05, 4.69) is 114 Å². The zero-order valence-electron chi connectivity index (χ0n) is 24.5. The van der Waals surface area contributed by atoms with Crippen molar-refractivity contribution in [3.05, 3.63) is 118 Å². The van der Waals surface area contributed by atoms with Crippen molar-refractivity contribution in [1.29, 1.82) is 0 Å². The molecule has 0 nitrogen and oxygen atoms in total. The van der Waals surface area contributed by atoms with Crippen molar-refractivity contribution in [3.63, 3.8) is 0 Å². The minimum absolute atomic E-state index is 1.01. The van der Waals surface area contributed by atoms with E-state index in [1.807, 2.05) is 52.0 Å². The molecule has 0 radical (unpaired) electrons.